The van der Waals surface area contributed by atoms with E-state index in [1.165, 1.54) is 0 Å². The van der Waals surface area contributed by atoms with Crippen molar-refractivity contribution in [2.75, 3.05) is 0 Å². The lowest BCUT2D eigenvalue weighted by Gasteiger charge is -2.37. The molecule has 0 radical (unpaired) electrons. The maximum atomic E-state index is 13.0. The van der Waals surface area contributed by atoms with Crippen molar-refractivity contribution >= 4 is 5.91 Å². The highest BCUT2D eigenvalue weighted by Crippen LogP contribution is 2.38. The zero-order valence-electron chi connectivity index (χ0n) is 16.0. The molecule has 1 aliphatic carbocycles. The molecule has 0 aromatic carbocycles. The van der Waals surface area contributed by atoms with Crippen molar-refractivity contribution in [1.29, 1.82) is 0 Å². The van der Waals surface area contributed by atoms with Crippen molar-refractivity contribution in [1.82, 2.24) is 24.9 Å². The average molecular weight is 359 g/mol. The molecule has 3 rings (SSSR count). The van der Waals surface area contributed by atoms with Gasteiger partial charge >= 0.3 is 0 Å². The van der Waals surface area contributed by atoms with Crippen molar-refractivity contribution in [3.8, 4) is 0 Å². The Morgan fingerprint density at radius 1 is 1.42 bits per heavy atom. The molecule has 1 atom stereocenters. The monoisotopic (exact) mass is 359 g/mol. The zero-order valence-corrected chi connectivity index (χ0v) is 16.0. The van der Waals surface area contributed by atoms with Gasteiger partial charge in [-0.15, -0.1) is 0 Å². The first-order chi connectivity index (χ1) is 12.4. The van der Waals surface area contributed by atoms with Gasteiger partial charge in [-0.2, -0.15) is 10.2 Å². The Kier molecular flexibility index (Phi) is 5.46. The van der Waals surface area contributed by atoms with Gasteiger partial charge in [0.15, 0.2) is 0 Å². The first-order valence-electron chi connectivity index (χ1n) is 9.41. The van der Waals surface area contributed by atoms with Crippen molar-refractivity contribution < 1.29 is 9.90 Å². The summed E-state index contributed by atoms with van der Waals surface area (Å²) in [5.41, 5.74) is 2.52. The molecule has 1 amide bonds. The molecule has 0 unspecified atom stereocenters. The van der Waals surface area contributed by atoms with E-state index >= 15 is 0 Å². The molecule has 7 nitrogen and oxygen atoms in total. The molecule has 0 saturated heterocycles. The minimum atomic E-state index is -0.269. The first kappa shape index (κ1) is 18.6. The van der Waals surface area contributed by atoms with Gasteiger partial charge in [0.2, 0.25) is 0 Å². The van der Waals surface area contributed by atoms with Crippen LogP contribution in [0.4, 0.5) is 0 Å². The largest absolute Gasteiger partial charge is 0.393 e. The second-order valence-corrected chi connectivity index (χ2v) is 7.72. The molecule has 2 aromatic rings. The second kappa shape index (κ2) is 7.61. The highest BCUT2D eigenvalue weighted by atomic mass is 16.3. The summed E-state index contributed by atoms with van der Waals surface area (Å²) < 4.78 is 3.50. The van der Waals surface area contributed by atoms with E-state index in [-0.39, 0.29) is 24.0 Å². The minimum Gasteiger partial charge on any atom is -0.393 e. The zero-order chi connectivity index (χ0) is 18.8. The van der Waals surface area contributed by atoms with E-state index in [4.69, 9.17) is 0 Å². The highest BCUT2D eigenvalue weighted by molar-refractivity contribution is 5.93. The maximum absolute atomic E-state index is 13.0. The molecule has 142 valence electrons. The Hall–Kier alpha value is -2.15. The minimum absolute atomic E-state index is 0.121. The van der Waals surface area contributed by atoms with E-state index in [2.05, 4.69) is 29.4 Å². The summed E-state index contributed by atoms with van der Waals surface area (Å²) >= 11 is 0. The Balaban J connectivity index is 1.80. The summed E-state index contributed by atoms with van der Waals surface area (Å²) in [6, 6.07) is 1.75. The Labute approximate surface area is 154 Å². The fraction of sp³-hybridized carbons (Fsp3) is 0.632. The lowest BCUT2D eigenvalue weighted by molar-refractivity contribution is 0.0234. The molecule has 26 heavy (non-hydrogen) atoms. The van der Waals surface area contributed by atoms with Gasteiger partial charge in [-0.3, -0.25) is 14.2 Å². The van der Waals surface area contributed by atoms with E-state index < -0.39 is 0 Å². The summed E-state index contributed by atoms with van der Waals surface area (Å²) in [4.78, 5) is 13.0. The van der Waals surface area contributed by atoms with Crippen molar-refractivity contribution in [3.05, 3.63) is 35.4 Å². The Bertz CT molecular complexity index is 758. The van der Waals surface area contributed by atoms with Crippen LogP contribution in [0.2, 0.25) is 0 Å². The van der Waals surface area contributed by atoms with E-state index in [0.717, 1.165) is 17.7 Å². The molecule has 2 aromatic heterocycles. The average Bonchev–Trinajstić information content (AvgIpc) is 3.15. The number of carbonyl (C=O) groups is 1. The number of aromatic nitrogens is 4. The van der Waals surface area contributed by atoms with Gasteiger partial charge in [-0.25, -0.2) is 0 Å². The summed E-state index contributed by atoms with van der Waals surface area (Å²) in [5, 5.41) is 21.7. The molecule has 1 fully saturated rings. The summed E-state index contributed by atoms with van der Waals surface area (Å²) in [6.45, 7) is 6.93. The van der Waals surface area contributed by atoms with Crippen LogP contribution in [0.15, 0.2) is 18.5 Å². The predicted octanol–water partition coefficient (Wildman–Crippen LogP) is 2.08. The van der Waals surface area contributed by atoms with Crippen LogP contribution in [0, 0.1) is 11.8 Å². The number of rotatable bonds is 7. The van der Waals surface area contributed by atoms with Crippen LogP contribution in [0.1, 0.15) is 61.4 Å². The second-order valence-electron chi connectivity index (χ2n) is 7.72. The molecule has 1 aliphatic rings. The van der Waals surface area contributed by atoms with E-state index in [9.17, 15) is 9.90 Å². The van der Waals surface area contributed by atoms with Crippen molar-refractivity contribution in [2.45, 2.75) is 58.7 Å². The number of carbonyl (C=O) groups excluding carboxylic acids is 1. The molecular formula is C19H29N5O2. The molecule has 1 saturated carbocycles. The number of aryl methyl sites for hydroxylation is 2. The van der Waals surface area contributed by atoms with Crippen LogP contribution in [-0.4, -0.2) is 36.7 Å². The maximum Gasteiger partial charge on any atom is 0.270 e. The van der Waals surface area contributed by atoms with Crippen molar-refractivity contribution in [3.63, 3.8) is 0 Å². The van der Waals surface area contributed by atoms with Crippen LogP contribution in [0.25, 0.3) is 0 Å². The van der Waals surface area contributed by atoms with Gasteiger partial charge in [-0.05, 0) is 44.1 Å². The number of nitrogens with one attached hydrogen (secondary N) is 1. The summed E-state index contributed by atoms with van der Waals surface area (Å²) in [6.07, 6.45) is 5.70. The van der Waals surface area contributed by atoms with E-state index in [1.54, 1.807) is 15.6 Å². The molecular weight excluding hydrogens is 330 g/mol. The lowest BCUT2D eigenvalue weighted by atomic mass is 9.75. The fourth-order valence-corrected chi connectivity index (χ4v) is 3.60. The van der Waals surface area contributed by atoms with Crippen LogP contribution >= 0.6 is 0 Å². The third-order valence-corrected chi connectivity index (χ3v) is 4.97. The molecule has 2 N–H and O–H groups in total. The third-order valence-electron chi connectivity index (χ3n) is 4.97. The topological polar surface area (TPSA) is 85.0 Å². The fourth-order valence-electron chi connectivity index (χ4n) is 3.60. The van der Waals surface area contributed by atoms with Gasteiger partial charge in [0.05, 0.1) is 24.0 Å². The van der Waals surface area contributed by atoms with Gasteiger partial charge in [0.1, 0.15) is 5.69 Å². The number of hydrogen-bond acceptors (Lipinski definition) is 4. The number of hydrogen-bond donors (Lipinski definition) is 2. The van der Waals surface area contributed by atoms with Crippen LogP contribution in [0.3, 0.4) is 0 Å². The summed E-state index contributed by atoms with van der Waals surface area (Å²) in [7, 11) is 1.86. The third kappa shape index (κ3) is 3.98. The Morgan fingerprint density at radius 2 is 2.15 bits per heavy atom. The quantitative estimate of drug-likeness (QED) is 0.793. The van der Waals surface area contributed by atoms with Gasteiger partial charge in [0, 0.05) is 25.4 Å². The molecule has 2 heterocycles. The van der Waals surface area contributed by atoms with Gasteiger partial charge in [-0.1, -0.05) is 13.8 Å². The number of nitrogens with zero attached hydrogens (tertiary/aromatic N) is 4. The van der Waals surface area contributed by atoms with E-state index in [0.29, 0.717) is 31.0 Å². The number of aliphatic hydroxyl groups excluding tert-OH is 1. The van der Waals surface area contributed by atoms with Gasteiger partial charge in [0.25, 0.3) is 5.91 Å². The van der Waals surface area contributed by atoms with Crippen LogP contribution in [-0.2, 0) is 20.0 Å². The smallest absolute Gasteiger partial charge is 0.270 e. The summed E-state index contributed by atoms with van der Waals surface area (Å²) in [5.74, 6) is 0.599. The first-order valence-corrected chi connectivity index (χ1v) is 9.41. The van der Waals surface area contributed by atoms with E-state index in [1.807, 2.05) is 26.2 Å². The predicted molar refractivity (Wildman–Crippen MR) is 98.6 cm³/mol. The highest BCUT2D eigenvalue weighted by Gasteiger charge is 2.36. The lowest BCUT2D eigenvalue weighted by Crippen LogP contribution is -2.41. The molecule has 0 bridgehead atoms. The molecule has 0 aliphatic heterocycles. The SMILES string of the molecule is CCn1nc(CC(C)C)cc1C(=O)N[C@H](c1cnn(C)c1)C1CC(O)C1. The normalized spacial score (nSPS) is 20.8. The molecule has 7 heteroatoms. The van der Waals surface area contributed by atoms with Crippen LogP contribution < -0.4 is 5.32 Å². The number of amides is 1. The van der Waals surface area contributed by atoms with Gasteiger partial charge < -0.3 is 10.4 Å². The molecule has 0 spiro atoms. The standard InChI is InChI=1S/C19H29N5O2/c1-5-24-17(9-15(22-24)6-12(2)3)19(26)21-18(13-7-16(25)8-13)14-10-20-23(4)11-14/h9-13,16,18,25H,5-8H2,1-4H3,(H,21,26)/t13?,16?,18-/m0/s1. The Morgan fingerprint density at radius 3 is 2.69 bits per heavy atom. The van der Waals surface area contributed by atoms with Crippen molar-refractivity contribution in [2.24, 2.45) is 18.9 Å². The number of aliphatic hydroxyl groups is 1. The van der Waals surface area contributed by atoms with Crippen LogP contribution in [0.5, 0.6) is 0 Å².